The summed E-state index contributed by atoms with van der Waals surface area (Å²) in [6.07, 6.45) is 4.17. The quantitative estimate of drug-likeness (QED) is 0.864. The van der Waals surface area contributed by atoms with Gasteiger partial charge in [0.1, 0.15) is 0 Å². The number of aromatic nitrogens is 2. The Morgan fingerprint density at radius 2 is 2.27 bits per heavy atom. The van der Waals surface area contributed by atoms with Gasteiger partial charge in [-0.1, -0.05) is 17.7 Å². The number of aliphatic hydroxyl groups excluding tert-OH is 1. The smallest absolute Gasteiger partial charge is 0.0831 e. The van der Waals surface area contributed by atoms with Gasteiger partial charge in [0, 0.05) is 19.0 Å². The third kappa shape index (κ3) is 2.19. The van der Waals surface area contributed by atoms with Gasteiger partial charge in [-0.3, -0.25) is 0 Å². The van der Waals surface area contributed by atoms with Crippen molar-refractivity contribution in [3.05, 3.63) is 47.2 Å². The van der Waals surface area contributed by atoms with E-state index in [9.17, 15) is 0 Å². The third-order valence-electron chi connectivity index (χ3n) is 2.16. The lowest BCUT2D eigenvalue weighted by Gasteiger charge is -2.06. The van der Waals surface area contributed by atoms with Crippen molar-refractivity contribution >= 4 is 11.6 Å². The minimum atomic E-state index is 0.136. The van der Waals surface area contributed by atoms with Gasteiger partial charge in [0.05, 0.1) is 10.7 Å². The number of rotatable bonds is 3. The first-order valence-electron chi connectivity index (χ1n) is 4.70. The topological polar surface area (TPSA) is 38.0 Å². The molecule has 0 aliphatic heterocycles. The van der Waals surface area contributed by atoms with Crippen LogP contribution in [0.5, 0.6) is 0 Å². The van der Waals surface area contributed by atoms with E-state index in [1.807, 2.05) is 30.5 Å². The van der Waals surface area contributed by atoms with Crippen LogP contribution in [-0.4, -0.2) is 21.5 Å². The number of halogens is 1. The molecule has 15 heavy (non-hydrogen) atoms. The molecule has 1 heterocycles. The fourth-order valence-corrected chi connectivity index (χ4v) is 1.72. The molecular weight excluding hydrogens is 212 g/mol. The van der Waals surface area contributed by atoms with Crippen LogP contribution in [0.4, 0.5) is 0 Å². The summed E-state index contributed by atoms with van der Waals surface area (Å²) in [6, 6.07) is 7.55. The Labute approximate surface area is 92.9 Å². The highest BCUT2D eigenvalue weighted by atomic mass is 35.5. The molecule has 0 spiro atoms. The number of hydrogen-bond acceptors (Lipinski definition) is 2. The maximum atomic E-state index is 8.80. The highest BCUT2D eigenvalue weighted by Crippen LogP contribution is 2.21. The van der Waals surface area contributed by atoms with Gasteiger partial charge in [0.15, 0.2) is 0 Å². The molecule has 4 heteroatoms. The molecular formula is C11H11ClN2O. The van der Waals surface area contributed by atoms with Gasteiger partial charge in [-0.2, -0.15) is 5.10 Å². The normalized spacial score (nSPS) is 10.5. The van der Waals surface area contributed by atoms with Crippen LogP contribution in [0, 0.1) is 0 Å². The van der Waals surface area contributed by atoms with Crippen LogP contribution < -0.4 is 0 Å². The fraction of sp³-hybridized carbons (Fsp3) is 0.182. The average molecular weight is 223 g/mol. The van der Waals surface area contributed by atoms with E-state index >= 15 is 0 Å². The molecule has 78 valence electrons. The lowest BCUT2D eigenvalue weighted by molar-refractivity contribution is 0.299. The summed E-state index contributed by atoms with van der Waals surface area (Å²) in [7, 11) is 0. The number of benzene rings is 1. The molecule has 1 aromatic carbocycles. The first-order chi connectivity index (χ1) is 7.31. The Morgan fingerprint density at radius 3 is 2.87 bits per heavy atom. The zero-order valence-corrected chi connectivity index (χ0v) is 8.85. The molecule has 2 rings (SSSR count). The molecule has 0 aliphatic rings. The molecule has 1 N–H and O–H groups in total. The van der Waals surface area contributed by atoms with E-state index in [1.165, 1.54) is 0 Å². The van der Waals surface area contributed by atoms with Crippen molar-refractivity contribution in [2.75, 3.05) is 6.61 Å². The third-order valence-corrected chi connectivity index (χ3v) is 2.47. The summed E-state index contributed by atoms with van der Waals surface area (Å²) in [5.74, 6) is 0. The van der Waals surface area contributed by atoms with Crippen LogP contribution in [0.2, 0.25) is 5.02 Å². The summed E-state index contributed by atoms with van der Waals surface area (Å²) in [6.45, 7) is 0.136. The van der Waals surface area contributed by atoms with Crippen LogP contribution in [0.25, 0.3) is 5.69 Å². The Bertz CT molecular complexity index is 440. The monoisotopic (exact) mass is 222 g/mol. The second-order valence-corrected chi connectivity index (χ2v) is 3.62. The molecule has 0 unspecified atom stereocenters. The SMILES string of the molecule is OCCc1ccc(-n2cccn2)c(Cl)c1. The lowest BCUT2D eigenvalue weighted by Crippen LogP contribution is -1.97. The molecule has 1 aromatic heterocycles. The summed E-state index contributed by atoms with van der Waals surface area (Å²) >= 11 is 6.11. The van der Waals surface area contributed by atoms with E-state index in [0.717, 1.165) is 11.3 Å². The van der Waals surface area contributed by atoms with Crippen molar-refractivity contribution in [2.45, 2.75) is 6.42 Å². The van der Waals surface area contributed by atoms with Crippen LogP contribution in [0.1, 0.15) is 5.56 Å². The minimum absolute atomic E-state index is 0.136. The second kappa shape index (κ2) is 4.47. The zero-order valence-electron chi connectivity index (χ0n) is 8.10. The fourth-order valence-electron chi connectivity index (χ4n) is 1.43. The van der Waals surface area contributed by atoms with Gasteiger partial charge in [0.2, 0.25) is 0 Å². The maximum absolute atomic E-state index is 8.80. The molecule has 0 fully saturated rings. The van der Waals surface area contributed by atoms with Crippen LogP contribution in [-0.2, 0) is 6.42 Å². The summed E-state index contributed by atoms with van der Waals surface area (Å²) in [5.41, 5.74) is 1.88. The molecule has 0 bridgehead atoms. The van der Waals surface area contributed by atoms with Gasteiger partial charge >= 0.3 is 0 Å². The van der Waals surface area contributed by atoms with E-state index in [-0.39, 0.29) is 6.61 Å². The van der Waals surface area contributed by atoms with Crippen LogP contribution in [0.3, 0.4) is 0 Å². The van der Waals surface area contributed by atoms with Crippen molar-refractivity contribution in [3.8, 4) is 5.69 Å². The van der Waals surface area contributed by atoms with E-state index in [0.29, 0.717) is 11.4 Å². The highest BCUT2D eigenvalue weighted by Gasteiger charge is 2.03. The van der Waals surface area contributed by atoms with Gasteiger partial charge < -0.3 is 5.11 Å². The lowest BCUT2D eigenvalue weighted by atomic mass is 10.1. The van der Waals surface area contributed by atoms with Crippen molar-refractivity contribution in [1.82, 2.24) is 9.78 Å². The molecule has 0 atom stereocenters. The summed E-state index contributed by atoms with van der Waals surface area (Å²) in [4.78, 5) is 0. The van der Waals surface area contributed by atoms with Crippen molar-refractivity contribution in [1.29, 1.82) is 0 Å². The molecule has 3 nitrogen and oxygen atoms in total. The number of hydrogen-bond donors (Lipinski definition) is 1. The first-order valence-corrected chi connectivity index (χ1v) is 5.08. The predicted octanol–water partition coefficient (Wildman–Crippen LogP) is 2.06. The maximum Gasteiger partial charge on any atom is 0.0831 e. The van der Waals surface area contributed by atoms with Crippen LogP contribution >= 0.6 is 11.6 Å². The van der Waals surface area contributed by atoms with Gasteiger partial charge in [-0.05, 0) is 30.2 Å². The average Bonchev–Trinajstić information content (AvgIpc) is 2.71. The van der Waals surface area contributed by atoms with E-state index < -0.39 is 0 Å². The summed E-state index contributed by atoms with van der Waals surface area (Å²) < 4.78 is 1.71. The first kappa shape index (κ1) is 10.2. The molecule has 2 aromatic rings. The van der Waals surface area contributed by atoms with E-state index in [4.69, 9.17) is 16.7 Å². The summed E-state index contributed by atoms with van der Waals surface area (Å²) in [5, 5.41) is 13.6. The Balaban J connectivity index is 2.35. The zero-order chi connectivity index (χ0) is 10.7. The number of aliphatic hydroxyl groups is 1. The van der Waals surface area contributed by atoms with Crippen LogP contribution in [0.15, 0.2) is 36.7 Å². The Kier molecular flexibility index (Phi) is 3.04. The van der Waals surface area contributed by atoms with Crippen molar-refractivity contribution in [3.63, 3.8) is 0 Å². The molecule has 0 saturated heterocycles. The standard InChI is InChI=1S/C11H11ClN2O/c12-10-8-9(4-7-15)2-3-11(10)14-6-1-5-13-14/h1-3,5-6,8,15H,4,7H2. The van der Waals surface area contributed by atoms with Crippen molar-refractivity contribution in [2.24, 2.45) is 0 Å². The van der Waals surface area contributed by atoms with Gasteiger partial charge in [0.25, 0.3) is 0 Å². The molecule has 0 aliphatic carbocycles. The van der Waals surface area contributed by atoms with Gasteiger partial charge in [-0.15, -0.1) is 0 Å². The Hall–Kier alpha value is -1.32. The number of nitrogens with zero attached hydrogens (tertiary/aromatic N) is 2. The van der Waals surface area contributed by atoms with E-state index in [1.54, 1.807) is 10.9 Å². The predicted molar refractivity (Wildman–Crippen MR) is 59.4 cm³/mol. The molecule has 0 saturated carbocycles. The highest BCUT2D eigenvalue weighted by molar-refractivity contribution is 6.32. The largest absolute Gasteiger partial charge is 0.396 e. The van der Waals surface area contributed by atoms with E-state index in [2.05, 4.69) is 5.10 Å². The minimum Gasteiger partial charge on any atom is -0.396 e. The second-order valence-electron chi connectivity index (χ2n) is 3.21. The molecule has 0 amide bonds. The van der Waals surface area contributed by atoms with Gasteiger partial charge in [-0.25, -0.2) is 4.68 Å². The Morgan fingerprint density at radius 1 is 1.40 bits per heavy atom. The molecule has 0 radical (unpaired) electrons. The van der Waals surface area contributed by atoms with Crippen molar-refractivity contribution < 1.29 is 5.11 Å².